The Morgan fingerprint density at radius 1 is 1.22 bits per heavy atom. The van der Waals surface area contributed by atoms with Crippen LogP contribution in [0.3, 0.4) is 0 Å². The number of para-hydroxylation sites is 1. The van der Waals surface area contributed by atoms with E-state index in [1.165, 1.54) is 0 Å². The highest BCUT2D eigenvalue weighted by Crippen LogP contribution is 2.25. The van der Waals surface area contributed by atoms with Gasteiger partial charge in [0.15, 0.2) is 0 Å². The van der Waals surface area contributed by atoms with Gasteiger partial charge in [-0.05, 0) is 34.1 Å². The van der Waals surface area contributed by atoms with Crippen molar-refractivity contribution in [2.75, 3.05) is 19.1 Å². The SMILES string of the molecule is COc1ccccc1CN(C)c1ncccc1Br. The highest BCUT2D eigenvalue weighted by molar-refractivity contribution is 9.10. The Balaban J connectivity index is 2.21. The zero-order chi connectivity index (χ0) is 13.0. The Labute approximate surface area is 116 Å². The van der Waals surface area contributed by atoms with E-state index in [-0.39, 0.29) is 0 Å². The van der Waals surface area contributed by atoms with E-state index in [2.05, 4.69) is 31.9 Å². The van der Waals surface area contributed by atoms with Crippen LogP contribution >= 0.6 is 15.9 Å². The largest absolute Gasteiger partial charge is 0.496 e. The molecule has 1 aromatic carbocycles. The van der Waals surface area contributed by atoms with Gasteiger partial charge in [-0.2, -0.15) is 0 Å². The smallest absolute Gasteiger partial charge is 0.142 e. The van der Waals surface area contributed by atoms with Crippen molar-refractivity contribution < 1.29 is 4.74 Å². The standard InChI is InChI=1S/C14H15BrN2O/c1-17(14-12(15)7-5-9-16-14)10-11-6-3-4-8-13(11)18-2/h3-9H,10H2,1-2H3. The Bertz CT molecular complexity index is 531. The molecule has 18 heavy (non-hydrogen) atoms. The van der Waals surface area contributed by atoms with Crippen LogP contribution in [0.25, 0.3) is 0 Å². The van der Waals surface area contributed by atoms with Crippen LogP contribution in [0.15, 0.2) is 47.1 Å². The molecule has 0 bridgehead atoms. The number of nitrogens with zero attached hydrogens (tertiary/aromatic N) is 2. The Hall–Kier alpha value is -1.55. The van der Waals surface area contributed by atoms with Crippen LogP contribution in [0.2, 0.25) is 0 Å². The minimum Gasteiger partial charge on any atom is -0.496 e. The molecule has 1 aromatic heterocycles. The van der Waals surface area contributed by atoms with E-state index in [4.69, 9.17) is 4.74 Å². The molecule has 0 amide bonds. The molecule has 0 atom stereocenters. The highest BCUT2D eigenvalue weighted by Gasteiger charge is 2.09. The van der Waals surface area contributed by atoms with Gasteiger partial charge >= 0.3 is 0 Å². The van der Waals surface area contributed by atoms with Gasteiger partial charge in [-0.1, -0.05) is 18.2 Å². The molecule has 0 aliphatic carbocycles. The van der Waals surface area contributed by atoms with E-state index in [9.17, 15) is 0 Å². The number of aromatic nitrogens is 1. The van der Waals surface area contributed by atoms with E-state index in [1.807, 2.05) is 37.4 Å². The first-order valence-corrected chi connectivity index (χ1v) is 6.45. The van der Waals surface area contributed by atoms with Crippen LogP contribution in [-0.4, -0.2) is 19.1 Å². The summed E-state index contributed by atoms with van der Waals surface area (Å²) in [6.07, 6.45) is 1.79. The molecule has 0 saturated carbocycles. The third-order valence-electron chi connectivity index (χ3n) is 2.70. The van der Waals surface area contributed by atoms with Gasteiger partial charge in [0.25, 0.3) is 0 Å². The van der Waals surface area contributed by atoms with Gasteiger partial charge in [-0.15, -0.1) is 0 Å². The van der Waals surface area contributed by atoms with Gasteiger partial charge in [0, 0.05) is 25.4 Å². The van der Waals surface area contributed by atoms with Gasteiger partial charge in [0.2, 0.25) is 0 Å². The molecular weight excluding hydrogens is 292 g/mol. The number of ether oxygens (including phenoxy) is 1. The molecule has 2 aromatic rings. The second-order valence-corrected chi connectivity index (χ2v) is 4.83. The van der Waals surface area contributed by atoms with Crippen molar-refractivity contribution >= 4 is 21.7 Å². The van der Waals surface area contributed by atoms with Crippen LogP contribution in [0.1, 0.15) is 5.56 Å². The maximum Gasteiger partial charge on any atom is 0.142 e. The van der Waals surface area contributed by atoms with E-state index in [1.54, 1.807) is 13.3 Å². The molecule has 4 heteroatoms. The fraction of sp³-hybridized carbons (Fsp3) is 0.214. The summed E-state index contributed by atoms with van der Waals surface area (Å²) < 4.78 is 6.34. The molecule has 3 nitrogen and oxygen atoms in total. The lowest BCUT2D eigenvalue weighted by Gasteiger charge is -2.20. The lowest BCUT2D eigenvalue weighted by Crippen LogP contribution is -2.18. The van der Waals surface area contributed by atoms with Crippen molar-refractivity contribution in [3.63, 3.8) is 0 Å². The maximum absolute atomic E-state index is 5.35. The van der Waals surface area contributed by atoms with Crippen molar-refractivity contribution in [2.45, 2.75) is 6.54 Å². The summed E-state index contributed by atoms with van der Waals surface area (Å²) in [5, 5.41) is 0. The minimum absolute atomic E-state index is 0.750. The molecule has 0 spiro atoms. The number of benzene rings is 1. The number of anilines is 1. The monoisotopic (exact) mass is 306 g/mol. The fourth-order valence-electron chi connectivity index (χ4n) is 1.82. The zero-order valence-corrected chi connectivity index (χ0v) is 12.0. The van der Waals surface area contributed by atoms with Crippen molar-refractivity contribution in [1.29, 1.82) is 0 Å². The van der Waals surface area contributed by atoms with E-state index < -0.39 is 0 Å². The normalized spacial score (nSPS) is 10.2. The third-order valence-corrected chi connectivity index (χ3v) is 3.32. The molecule has 0 saturated heterocycles. The minimum atomic E-state index is 0.750. The summed E-state index contributed by atoms with van der Waals surface area (Å²) in [7, 11) is 3.70. The second kappa shape index (κ2) is 5.87. The topological polar surface area (TPSA) is 25.4 Å². The van der Waals surface area contributed by atoms with Gasteiger partial charge in [-0.25, -0.2) is 4.98 Å². The van der Waals surface area contributed by atoms with Crippen molar-refractivity contribution in [1.82, 2.24) is 4.98 Å². The van der Waals surface area contributed by atoms with Gasteiger partial charge in [-0.3, -0.25) is 0 Å². The maximum atomic E-state index is 5.35. The number of hydrogen-bond donors (Lipinski definition) is 0. The second-order valence-electron chi connectivity index (χ2n) is 3.98. The molecular formula is C14H15BrN2O. The number of rotatable bonds is 4. The Morgan fingerprint density at radius 3 is 2.72 bits per heavy atom. The van der Waals surface area contributed by atoms with Crippen LogP contribution in [0.5, 0.6) is 5.75 Å². The van der Waals surface area contributed by atoms with Gasteiger partial charge in [0.05, 0.1) is 11.6 Å². The summed E-state index contributed by atoms with van der Waals surface area (Å²) in [6, 6.07) is 11.9. The lowest BCUT2D eigenvalue weighted by atomic mass is 10.2. The summed E-state index contributed by atoms with van der Waals surface area (Å²) in [5.41, 5.74) is 1.14. The number of hydrogen-bond acceptors (Lipinski definition) is 3. The molecule has 0 aliphatic heterocycles. The van der Waals surface area contributed by atoms with Crippen LogP contribution in [0.4, 0.5) is 5.82 Å². The quantitative estimate of drug-likeness (QED) is 0.864. The van der Waals surface area contributed by atoms with E-state index in [0.29, 0.717) is 0 Å². The number of halogens is 1. The number of methoxy groups -OCH3 is 1. The predicted molar refractivity (Wildman–Crippen MR) is 77.0 cm³/mol. The molecule has 0 radical (unpaired) electrons. The van der Waals surface area contributed by atoms with Crippen LogP contribution in [0, 0.1) is 0 Å². The van der Waals surface area contributed by atoms with Crippen molar-refractivity contribution in [2.24, 2.45) is 0 Å². The average molecular weight is 307 g/mol. The lowest BCUT2D eigenvalue weighted by molar-refractivity contribution is 0.409. The van der Waals surface area contributed by atoms with Crippen molar-refractivity contribution in [3.05, 3.63) is 52.6 Å². The van der Waals surface area contributed by atoms with Crippen LogP contribution in [-0.2, 0) is 6.54 Å². The molecule has 0 fully saturated rings. The number of pyridine rings is 1. The van der Waals surface area contributed by atoms with Gasteiger partial charge in [0.1, 0.15) is 11.6 Å². The summed E-state index contributed by atoms with van der Waals surface area (Å²) in [6.45, 7) is 0.750. The molecule has 94 valence electrons. The zero-order valence-electron chi connectivity index (χ0n) is 10.4. The highest BCUT2D eigenvalue weighted by atomic mass is 79.9. The predicted octanol–water partition coefficient (Wildman–Crippen LogP) is 3.49. The van der Waals surface area contributed by atoms with E-state index in [0.717, 1.165) is 28.1 Å². The molecule has 0 N–H and O–H groups in total. The molecule has 0 unspecified atom stereocenters. The Kier molecular flexibility index (Phi) is 4.20. The molecule has 2 rings (SSSR count). The van der Waals surface area contributed by atoms with E-state index >= 15 is 0 Å². The first kappa shape index (κ1) is 12.9. The van der Waals surface area contributed by atoms with Crippen molar-refractivity contribution in [3.8, 4) is 5.75 Å². The summed E-state index contributed by atoms with van der Waals surface area (Å²) >= 11 is 3.51. The molecule has 1 heterocycles. The van der Waals surface area contributed by atoms with Crippen LogP contribution < -0.4 is 9.64 Å². The summed E-state index contributed by atoms with van der Waals surface area (Å²) in [4.78, 5) is 6.45. The fourth-order valence-corrected chi connectivity index (χ4v) is 2.38. The third kappa shape index (κ3) is 2.82. The molecule has 0 aliphatic rings. The first-order chi connectivity index (χ1) is 8.72. The van der Waals surface area contributed by atoms with Gasteiger partial charge < -0.3 is 9.64 Å². The average Bonchev–Trinajstić information content (AvgIpc) is 2.39. The first-order valence-electron chi connectivity index (χ1n) is 5.66. The summed E-state index contributed by atoms with van der Waals surface area (Å²) in [5.74, 6) is 1.82. The Morgan fingerprint density at radius 2 is 2.00 bits per heavy atom.